The molecule has 1 aromatic carbocycles. The number of hydrogen-bond donors (Lipinski definition) is 1. The summed E-state index contributed by atoms with van der Waals surface area (Å²) in [6.45, 7) is 4.23. The zero-order valence-corrected chi connectivity index (χ0v) is 14.9. The Labute approximate surface area is 146 Å². The fourth-order valence-corrected chi connectivity index (χ4v) is 2.78. The standard InChI is InChI=1S/C18H22N4O3/c1-11(2)18-20-14-9-12(5-7-15(14)22(18)3)19-16(23)8-6-13-10-17(24-4)21-25-13/h5,7,9-11H,6,8H2,1-4H3,(H,19,23). The van der Waals surface area contributed by atoms with E-state index >= 15 is 0 Å². The van der Waals surface area contributed by atoms with E-state index in [9.17, 15) is 4.79 Å². The predicted molar refractivity (Wildman–Crippen MR) is 94.8 cm³/mol. The van der Waals surface area contributed by atoms with Crippen molar-refractivity contribution in [2.45, 2.75) is 32.6 Å². The molecule has 3 aromatic rings. The Morgan fingerprint density at radius 3 is 2.84 bits per heavy atom. The van der Waals surface area contributed by atoms with Crippen molar-refractivity contribution in [1.29, 1.82) is 0 Å². The number of aryl methyl sites for hydroxylation is 2. The highest BCUT2D eigenvalue weighted by atomic mass is 16.5. The minimum Gasteiger partial charge on any atom is -0.479 e. The molecule has 2 heterocycles. The topological polar surface area (TPSA) is 82.2 Å². The molecule has 1 amide bonds. The fourth-order valence-electron chi connectivity index (χ4n) is 2.78. The number of imidazole rings is 1. The maximum atomic E-state index is 12.1. The molecular weight excluding hydrogens is 320 g/mol. The Bertz CT molecular complexity index is 895. The Kier molecular flexibility index (Phi) is 4.74. The lowest BCUT2D eigenvalue weighted by Crippen LogP contribution is -2.12. The molecule has 0 fully saturated rings. The fraction of sp³-hybridized carbons (Fsp3) is 0.389. The molecule has 0 aliphatic carbocycles. The number of carbonyl (C=O) groups excluding carboxylic acids is 1. The minimum absolute atomic E-state index is 0.0882. The lowest BCUT2D eigenvalue weighted by molar-refractivity contribution is -0.116. The highest BCUT2D eigenvalue weighted by molar-refractivity contribution is 5.93. The summed E-state index contributed by atoms with van der Waals surface area (Å²) in [5, 5.41) is 6.62. The van der Waals surface area contributed by atoms with E-state index in [4.69, 9.17) is 9.26 Å². The molecule has 25 heavy (non-hydrogen) atoms. The summed E-state index contributed by atoms with van der Waals surface area (Å²) in [7, 11) is 3.53. The summed E-state index contributed by atoms with van der Waals surface area (Å²) in [6, 6.07) is 7.45. The van der Waals surface area contributed by atoms with E-state index in [1.165, 1.54) is 7.11 Å². The van der Waals surface area contributed by atoms with E-state index in [-0.39, 0.29) is 5.91 Å². The Morgan fingerprint density at radius 1 is 1.36 bits per heavy atom. The first-order chi connectivity index (χ1) is 12.0. The summed E-state index contributed by atoms with van der Waals surface area (Å²) in [6.07, 6.45) is 0.765. The first kappa shape index (κ1) is 17.0. The number of methoxy groups -OCH3 is 1. The van der Waals surface area contributed by atoms with Gasteiger partial charge in [0.1, 0.15) is 11.6 Å². The molecule has 2 aromatic heterocycles. The largest absolute Gasteiger partial charge is 0.479 e. The van der Waals surface area contributed by atoms with Crippen LogP contribution in [0.5, 0.6) is 5.88 Å². The molecule has 0 bridgehead atoms. The second-order valence-electron chi connectivity index (χ2n) is 6.27. The number of nitrogens with zero attached hydrogens (tertiary/aromatic N) is 3. The van der Waals surface area contributed by atoms with Gasteiger partial charge in [0, 0.05) is 37.6 Å². The zero-order chi connectivity index (χ0) is 18.0. The maximum Gasteiger partial charge on any atom is 0.254 e. The van der Waals surface area contributed by atoms with E-state index in [0.29, 0.717) is 30.4 Å². The van der Waals surface area contributed by atoms with Crippen LogP contribution in [0.4, 0.5) is 5.69 Å². The molecule has 0 unspecified atom stereocenters. The van der Waals surface area contributed by atoms with Crippen LogP contribution in [0, 0.1) is 0 Å². The van der Waals surface area contributed by atoms with E-state index < -0.39 is 0 Å². The molecule has 0 saturated carbocycles. The third-order valence-electron chi connectivity index (χ3n) is 4.06. The first-order valence-corrected chi connectivity index (χ1v) is 8.23. The SMILES string of the molecule is COc1cc(CCC(=O)Nc2ccc3c(c2)nc(C(C)C)n3C)on1. The molecule has 132 valence electrons. The summed E-state index contributed by atoms with van der Waals surface area (Å²) in [5.74, 6) is 2.31. The first-order valence-electron chi connectivity index (χ1n) is 8.23. The lowest BCUT2D eigenvalue weighted by Gasteiger charge is -2.05. The van der Waals surface area contributed by atoms with Gasteiger partial charge in [-0.25, -0.2) is 4.98 Å². The Morgan fingerprint density at radius 2 is 2.16 bits per heavy atom. The van der Waals surface area contributed by atoms with Crippen LogP contribution >= 0.6 is 0 Å². The number of aromatic nitrogens is 3. The monoisotopic (exact) mass is 342 g/mol. The number of anilines is 1. The van der Waals surface area contributed by atoms with E-state index in [1.54, 1.807) is 6.07 Å². The average Bonchev–Trinajstić information content (AvgIpc) is 3.17. The number of amides is 1. The van der Waals surface area contributed by atoms with Crippen molar-refractivity contribution < 1.29 is 14.1 Å². The van der Waals surface area contributed by atoms with Crippen molar-refractivity contribution in [2.24, 2.45) is 7.05 Å². The van der Waals surface area contributed by atoms with Gasteiger partial charge in [0.15, 0.2) is 0 Å². The number of carbonyl (C=O) groups is 1. The molecule has 1 N–H and O–H groups in total. The maximum absolute atomic E-state index is 12.1. The van der Waals surface area contributed by atoms with Crippen LogP contribution < -0.4 is 10.1 Å². The molecule has 0 atom stereocenters. The molecule has 0 spiro atoms. The van der Waals surface area contributed by atoms with Crippen molar-refractivity contribution in [3.8, 4) is 5.88 Å². The van der Waals surface area contributed by atoms with Crippen LogP contribution in [0.1, 0.15) is 37.8 Å². The number of rotatable bonds is 6. The lowest BCUT2D eigenvalue weighted by atomic mass is 10.2. The van der Waals surface area contributed by atoms with Gasteiger partial charge in [0.25, 0.3) is 5.88 Å². The van der Waals surface area contributed by atoms with Crippen molar-refractivity contribution in [1.82, 2.24) is 14.7 Å². The van der Waals surface area contributed by atoms with Crippen molar-refractivity contribution in [3.05, 3.63) is 35.9 Å². The second kappa shape index (κ2) is 6.96. The predicted octanol–water partition coefficient (Wildman–Crippen LogP) is 3.26. The van der Waals surface area contributed by atoms with E-state index in [1.807, 2.05) is 25.2 Å². The van der Waals surface area contributed by atoms with Gasteiger partial charge in [-0.3, -0.25) is 4.79 Å². The van der Waals surface area contributed by atoms with Gasteiger partial charge < -0.3 is 19.1 Å². The summed E-state index contributed by atoms with van der Waals surface area (Å²) < 4.78 is 12.1. The Balaban J connectivity index is 1.66. The summed E-state index contributed by atoms with van der Waals surface area (Å²) in [5.41, 5.74) is 2.67. The van der Waals surface area contributed by atoms with Crippen LogP contribution in [-0.4, -0.2) is 27.7 Å². The third-order valence-corrected chi connectivity index (χ3v) is 4.06. The molecule has 7 heteroatoms. The molecule has 0 radical (unpaired) electrons. The van der Waals surface area contributed by atoms with Crippen LogP contribution in [0.15, 0.2) is 28.8 Å². The number of hydrogen-bond acceptors (Lipinski definition) is 5. The van der Waals surface area contributed by atoms with Crippen LogP contribution in [0.25, 0.3) is 11.0 Å². The van der Waals surface area contributed by atoms with Gasteiger partial charge in [-0.2, -0.15) is 0 Å². The Hall–Kier alpha value is -2.83. The summed E-state index contributed by atoms with van der Waals surface area (Å²) >= 11 is 0. The van der Waals surface area contributed by atoms with Crippen LogP contribution in [-0.2, 0) is 18.3 Å². The third kappa shape index (κ3) is 3.65. The van der Waals surface area contributed by atoms with Crippen LogP contribution in [0.2, 0.25) is 0 Å². The molecule has 0 aliphatic rings. The van der Waals surface area contributed by atoms with Crippen molar-refractivity contribution >= 4 is 22.6 Å². The highest BCUT2D eigenvalue weighted by Gasteiger charge is 2.12. The van der Waals surface area contributed by atoms with Gasteiger partial charge in [-0.05, 0) is 23.4 Å². The van der Waals surface area contributed by atoms with Gasteiger partial charge >= 0.3 is 0 Å². The van der Waals surface area contributed by atoms with Gasteiger partial charge in [-0.1, -0.05) is 13.8 Å². The molecule has 0 aliphatic heterocycles. The quantitative estimate of drug-likeness (QED) is 0.743. The second-order valence-corrected chi connectivity index (χ2v) is 6.27. The molecule has 3 rings (SSSR count). The summed E-state index contributed by atoms with van der Waals surface area (Å²) in [4.78, 5) is 16.8. The van der Waals surface area contributed by atoms with Gasteiger partial charge in [0.2, 0.25) is 5.91 Å². The average molecular weight is 342 g/mol. The highest BCUT2D eigenvalue weighted by Crippen LogP contribution is 2.23. The number of ether oxygens (including phenoxy) is 1. The zero-order valence-electron chi connectivity index (χ0n) is 14.9. The van der Waals surface area contributed by atoms with Crippen LogP contribution in [0.3, 0.4) is 0 Å². The molecule has 0 saturated heterocycles. The van der Waals surface area contributed by atoms with Gasteiger partial charge in [0.05, 0.1) is 18.1 Å². The molecular formula is C18H22N4O3. The normalized spacial score (nSPS) is 11.2. The van der Waals surface area contributed by atoms with Gasteiger partial charge in [-0.15, -0.1) is 0 Å². The minimum atomic E-state index is -0.0882. The van der Waals surface area contributed by atoms with E-state index in [2.05, 4.69) is 33.9 Å². The van der Waals surface area contributed by atoms with E-state index in [0.717, 1.165) is 22.5 Å². The van der Waals surface area contributed by atoms with Crippen molar-refractivity contribution in [3.63, 3.8) is 0 Å². The smallest absolute Gasteiger partial charge is 0.254 e. The number of fused-ring (bicyclic) bond motifs is 1. The number of nitrogens with one attached hydrogen (secondary N) is 1. The molecule has 7 nitrogen and oxygen atoms in total. The number of benzene rings is 1. The van der Waals surface area contributed by atoms with Crippen molar-refractivity contribution in [2.75, 3.05) is 12.4 Å².